The monoisotopic (exact) mass is 583 g/mol. The molecule has 40 heavy (non-hydrogen) atoms. The molecule has 4 N–H and O–H groups in total. The van der Waals surface area contributed by atoms with Crippen LogP contribution in [0.25, 0.3) is 0 Å². The van der Waals surface area contributed by atoms with E-state index >= 15 is 0 Å². The van der Waals surface area contributed by atoms with Crippen LogP contribution in [0.1, 0.15) is 62.7 Å². The predicted octanol–water partition coefficient (Wildman–Crippen LogP) is 4.85. The van der Waals surface area contributed by atoms with Crippen LogP contribution in [0.3, 0.4) is 0 Å². The Bertz CT molecular complexity index is 1270. The number of thiol groups is 1. The number of hydrogen-bond donors (Lipinski definition) is 5. The Morgan fingerprint density at radius 2 is 2.05 bits per heavy atom. The molecule has 216 valence electrons. The van der Waals surface area contributed by atoms with Gasteiger partial charge in [0.15, 0.2) is 0 Å². The highest BCUT2D eigenvalue weighted by molar-refractivity contribution is 7.98. The van der Waals surface area contributed by atoms with E-state index in [9.17, 15) is 19.8 Å². The van der Waals surface area contributed by atoms with E-state index in [1.54, 1.807) is 23.9 Å². The van der Waals surface area contributed by atoms with Crippen LogP contribution in [-0.2, 0) is 4.79 Å². The lowest BCUT2D eigenvalue weighted by molar-refractivity contribution is -0.174. The lowest BCUT2D eigenvalue weighted by Crippen LogP contribution is -2.61. The minimum absolute atomic E-state index is 0.0137. The quantitative estimate of drug-likeness (QED) is 0.178. The molecule has 4 aliphatic rings. The van der Waals surface area contributed by atoms with Crippen molar-refractivity contribution in [3.8, 4) is 0 Å². The SMILES string of the molecule is CSCCNC(=O)c1cccc(N=C2C=C3CCC4C(C(O)CC5(C)C4CCC5(O)C(=O)S)C3(C)CC2C=N)c1. The van der Waals surface area contributed by atoms with Crippen molar-refractivity contribution in [3.63, 3.8) is 0 Å². The zero-order valence-corrected chi connectivity index (χ0v) is 25.2. The molecule has 3 saturated carbocycles. The zero-order chi connectivity index (χ0) is 28.9. The molecule has 0 aromatic heterocycles. The van der Waals surface area contributed by atoms with E-state index in [-0.39, 0.29) is 35.0 Å². The van der Waals surface area contributed by atoms with E-state index in [1.165, 1.54) is 11.8 Å². The summed E-state index contributed by atoms with van der Waals surface area (Å²) in [5.74, 6) is 0.824. The largest absolute Gasteiger partial charge is 0.393 e. The summed E-state index contributed by atoms with van der Waals surface area (Å²) in [5.41, 5.74) is 0.795. The molecule has 9 heteroatoms. The fourth-order valence-electron chi connectivity index (χ4n) is 8.68. The topological polar surface area (TPSA) is 123 Å². The van der Waals surface area contributed by atoms with Crippen LogP contribution in [0.2, 0.25) is 0 Å². The van der Waals surface area contributed by atoms with Gasteiger partial charge in [-0.15, -0.1) is 12.6 Å². The van der Waals surface area contributed by atoms with Crippen molar-refractivity contribution in [1.29, 1.82) is 5.41 Å². The molecule has 0 saturated heterocycles. The van der Waals surface area contributed by atoms with Gasteiger partial charge >= 0.3 is 0 Å². The number of hydrogen-bond acceptors (Lipinski definition) is 7. The highest BCUT2D eigenvalue weighted by atomic mass is 32.2. The lowest BCUT2D eigenvalue weighted by atomic mass is 9.45. The first-order chi connectivity index (χ1) is 19.0. The summed E-state index contributed by atoms with van der Waals surface area (Å²) in [7, 11) is 0. The summed E-state index contributed by atoms with van der Waals surface area (Å²) in [6, 6.07) is 7.29. The Morgan fingerprint density at radius 1 is 1.27 bits per heavy atom. The second kappa shape index (κ2) is 11.0. The number of rotatable bonds is 7. The van der Waals surface area contributed by atoms with Crippen molar-refractivity contribution in [2.75, 3.05) is 18.6 Å². The summed E-state index contributed by atoms with van der Waals surface area (Å²) in [5, 5.41) is 33.7. The molecule has 4 aliphatic carbocycles. The molecule has 5 rings (SSSR count). The Labute approximate surface area is 246 Å². The van der Waals surface area contributed by atoms with Gasteiger partial charge in [0.2, 0.25) is 5.12 Å². The molecule has 0 spiro atoms. The van der Waals surface area contributed by atoms with Gasteiger partial charge < -0.3 is 20.9 Å². The van der Waals surface area contributed by atoms with Crippen molar-refractivity contribution in [2.45, 2.75) is 64.1 Å². The van der Waals surface area contributed by atoms with Gasteiger partial charge in [-0.2, -0.15) is 11.8 Å². The van der Waals surface area contributed by atoms with E-state index in [4.69, 9.17) is 10.4 Å². The number of carbonyl (C=O) groups excluding carboxylic acids is 2. The Balaban J connectivity index is 1.44. The molecule has 8 unspecified atom stereocenters. The third-order valence-corrected chi connectivity index (χ3v) is 11.7. The molecule has 3 fully saturated rings. The van der Waals surface area contributed by atoms with Gasteiger partial charge in [0.05, 0.1) is 11.8 Å². The highest BCUT2D eigenvalue weighted by Crippen LogP contribution is 2.68. The van der Waals surface area contributed by atoms with E-state index in [1.807, 2.05) is 25.3 Å². The van der Waals surface area contributed by atoms with Crippen molar-refractivity contribution in [3.05, 3.63) is 41.5 Å². The second-order valence-corrected chi connectivity index (χ2v) is 14.0. The molecular weight excluding hydrogens is 542 g/mol. The first-order valence-electron chi connectivity index (χ1n) is 14.3. The average Bonchev–Trinajstić information content (AvgIpc) is 3.19. The standard InChI is InChI=1S/C31H41N3O4S2/c1-29-15-19(17-32)24(34-21-6-4-5-18(13-21)27(36)33-11-12-40-3)14-20(29)7-8-22-23-9-10-31(38,28(37)39)30(23,2)16-25(35)26(22)29/h4-6,13-14,17,19,22-23,25-26,32,35,38H,7-12,15-16H2,1-3H3,(H,33,36)(H,37,39). The third-order valence-electron chi connectivity index (χ3n) is 10.7. The summed E-state index contributed by atoms with van der Waals surface area (Å²) in [6.45, 7) is 4.80. The number of fused-ring (bicyclic) bond motifs is 5. The fourth-order valence-corrected chi connectivity index (χ4v) is 9.35. The molecule has 8 atom stereocenters. The van der Waals surface area contributed by atoms with Gasteiger partial charge in [-0.05, 0) is 92.2 Å². The Morgan fingerprint density at radius 3 is 2.75 bits per heavy atom. The summed E-state index contributed by atoms with van der Waals surface area (Å²) >= 11 is 5.74. The van der Waals surface area contributed by atoms with Gasteiger partial charge in [0.25, 0.3) is 5.91 Å². The van der Waals surface area contributed by atoms with Crippen molar-refractivity contribution in [1.82, 2.24) is 5.32 Å². The first kappa shape index (κ1) is 29.5. The molecule has 0 aliphatic heterocycles. The minimum atomic E-state index is -1.51. The number of aliphatic hydroxyl groups is 2. The second-order valence-electron chi connectivity index (χ2n) is 12.6. The summed E-state index contributed by atoms with van der Waals surface area (Å²) in [6.07, 6.45) is 8.84. The number of allylic oxidation sites excluding steroid dienone is 2. The number of thioether (sulfide) groups is 1. The fraction of sp³-hybridized carbons (Fsp3) is 0.613. The number of nitrogens with one attached hydrogen (secondary N) is 2. The van der Waals surface area contributed by atoms with Crippen LogP contribution in [-0.4, -0.2) is 63.4 Å². The van der Waals surface area contributed by atoms with Gasteiger partial charge in [-0.1, -0.05) is 25.5 Å². The summed E-state index contributed by atoms with van der Waals surface area (Å²) < 4.78 is 0. The molecule has 0 radical (unpaired) electrons. The van der Waals surface area contributed by atoms with Gasteiger partial charge in [-0.25, -0.2) is 0 Å². The third kappa shape index (κ3) is 4.71. The molecule has 0 heterocycles. The zero-order valence-electron chi connectivity index (χ0n) is 23.5. The van der Waals surface area contributed by atoms with Crippen molar-refractivity contribution in [2.24, 2.45) is 39.5 Å². The molecule has 7 nitrogen and oxygen atoms in total. The average molecular weight is 584 g/mol. The Kier molecular flexibility index (Phi) is 8.16. The number of amides is 1. The number of benzene rings is 1. The Hall–Kier alpha value is -1.94. The van der Waals surface area contributed by atoms with Crippen LogP contribution >= 0.6 is 24.4 Å². The maximum Gasteiger partial charge on any atom is 0.251 e. The molecule has 1 aromatic carbocycles. The molecule has 0 bridgehead atoms. The first-order valence-corrected chi connectivity index (χ1v) is 16.1. The van der Waals surface area contributed by atoms with Crippen LogP contribution in [0, 0.1) is 39.9 Å². The highest BCUT2D eigenvalue weighted by Gasteiger charge is 2.68. The van der Waals surface area contributed by atoms with Crippen LogP contribution in [0.15, 0.2) is 40.9 Å². The van der Waals surface area contributed by atoms with Gasteiger partial charge in [-0.3, -0.25) is 14.6 Å². The number of carbonyl (C=O) groups is 2. The normalized spacial score (nSPS) is 39.5. The smallest absolute Gasteiger partial charge is 0.251 e. The van der Waals surface area contributed by atoms with Crippen molar-refractivity contribution >= 4 is 53.0 Å². The number of nitrogens with zero attached hydrogens (tertiary/aromatic N) is 1. The number of aliphatic imine (C=N–C) groups is 1. The van der Waals surface area contributed by atoms with E-state index in [0.717, 1.165) is 30.7 Å². The van der Waals surface area contributed by atoms with E-state index in [0.29, 0.717) is 37.1 Å². The summed E-state index contributed by atoms with van der Waals surface area (Å²) in [4.78, 5) is 29.9. The molecule has 1 aromatic rings. The number of aliphatic hydroxyl groups excluding tert-OH is 1. The van der Waals surface area contributed by atoms with Crippen LogP contribution in [0.4, 0.5) is 5.69 Å². The molecular formula is C31H41N3O4S2. The van der Waals surface area contributed by atoms with Gasteiger partial charge in [0, 0.05) is 41.1 Å². The van der Waals surface area contributed by atoms with Crippen LogP contribution in [0.5, 0.6) is 0 Å². The van der Waals surface area contributed by atoms with E-state index in [2.05, 4.69) is 30.9 Å². The van der Waals surface area contributed by atoms with Crippen LogP contribution < -0.4 is 5.32 Å². The maximum absolute atomic E-state index is 12.6. The van der Waals surface area contributed by atoms with Gasteiger partial charge in [0.1, 0.15) is 5.60 Å². The maximum atomic E-state index is 12.6. The minimum Gasteiger partial charge on any atom is -0.393 e. The van der Waals surface area contributed by atoms with Crippen molar-refractivity contribution < 1.29 is 19.8 Å². The van der Waals surface area contributed by atoms with E-state index < -0.39 is 22.2 Å². The predicted molar refractivity (Wildman–Crippen MR) is 164 cm³/mol. The molecule has 1 amide bonds. The lowest BCUT2D eigenvalue weighted by Gasteiger charge is -2.61.